The standard InChI is InChI=1S/C18H19N/c1-2-6-14-11-17(10-13(14)5-1)19-12-16-9-15-7-3-4-8-18(15)16/h1-8,16-17,19H,9-12H2. The monoisotopic (exact) mass is 249 g/mol. The summed E-state index contributed by atoms with van der Waals surface area (Å²) in [5, 5.41) is 3.77. The second kappa shape index (κ2) is 4.50. The van der Waals surface area contributed by atoms with E-state index in [1.807, 2.05) is 0 Å². The number of hydrogen-bond acceptors (Lipinski definition) is 1. The van der Waals surface area contributed by atoms with Crippen molar-refractivity contribution >= 4 is 0 Å². The highest BCUT2D eigenvalue weighted by molar-refractivity contribution is 5.40. The van der Waals surface area contributed by atoms with E-state index in [1.165, 1.54) is 30.4 Å². The van der Waals surface area contributed by atoms with Crippen molar-refractivity contribution in [3.63, 3.8) is 0 Å². The summed E-state index contributed by atoms with van der Waals surface area (Å²) in [6, 6.07) is 18.4. The fraction of sp³-hybridized carbons (Fsp3) is 0.333. The van der Waals surface area contributed by atoms with E-state index in [1.54, 1.807) is 11.1 Å². The molecule has 0 bridgehead atoms. The zero-order chi connectivity index (χ0) is 12.7. The molecule has 19 heavy (non-hydrogen) atoms. The Bertz CT molecular complexity index is 577. The van der Waals surface area contributed by atoms with E-state index in [-0.39, 0.29) is 0 Å². The summed E-state index contributed by atoms with van der Waals surface area (Å²) in [6.07, 6.45) is 3.65. The highest BCUT2D eigenvalue weighted by Gasteiger charge is 2.27. The zero-order valence-electron chi connectivity index (χ0n) is 11.1. The normalized spacial score (nSPS) is 20.7. The molecule has 0 fully saturated rings. The molecule has 1 atom stereocenters. The van der Waals surface area contributed by atoms with Gasteiger partial charge in [0.25, 0.3) is 0 Å². The van der Waals surface area contributed by atoms with Gasteiger partial charge in [0.2, 0.25) is 0 Å². The highest BCUT2D eigenvalue weighted by Crippen LogP contribution is 2.34. The number of benzene rings is 2. The Kier molecular flexibility index (Phi) is 2.66. The lowest BCUT2D eigenvalue weighted by molar-refractivity contribution is 0.469. The van der Waals surface area contributed by atoms with Crippen LogP contribution < -0.4 is 5.32 Å². The van der Waals surface area contributed by atoms with Crippen LogP contribution in [0.15, 0.2) is 48.5 Å². The van der Waals surface area contributed by atoms with Gasteiger partial charge in [-0.05, 0) is 41.5 Å². The molecule has 0 spiro atoms. The van der Waals surface area contributed by atoms with Gasteiger partial charge in [-0.1, -0.05) is 48.5 Å². The van der Waals surface area contributed by atoms with Crippen molar-refractivity contribution in [3.8, 4) is 0 Å². The van der Waals surface area contributed by atoms with E-state index in [0.717, 1.165) is 12.5 Å². The van der Waals surface area contributed by atoms with Gasteiger partial charge in [-0.3, -0.25) is 0 Å². The van der Waals surface area contributed by atoms with Crippen LogP contribution in [0.3, 0.4) is 0 Å². The van der Waals surface area contributed by atoms with E-state index in [2.05, 4.69) is 53.8 Å². The van der Waals surface area contributed by atoms with Crippen LogP contribution in [0.25, 0.3) is 0 Å². The van der Waals surface area contributed by atoms with Crippen LogP contribution in [0.4, 0.5) is 0 Å². The van der Waals surface area contributed by atoms with Crippen molar-refractivity contribution in [1.29, 1.82) is 0 Å². The SMILES string of the molecule is c1ccc2c(c1)CC(NCC1Cc3ccccc31)C2. The predicted octanol–water partition coefficient (Wildman–Crippen LogP) is 3.08. The minimum atomic E-state index is 0.644. The molecule has 1 N–H and O–H groups in total. The first kappa shape index (κ1) is 11.2. The first-order valence-corrected chi connectivity index (χ1v) is 7.28. The molecule has 0 aromatic heterocycles. The molecule has 0 amide bonds. The second-order valence-electron chi connectivity index (χ2n) is 5.88. The van der Waals surface area contributed by atoms with Crippen LogP contribution >= 0.6 is 0 Å². The lowest BCUT2D eigenvalue weighted by Gasteiger charge is -2.31. The van der Waals surface area contributed by atoms with Crippen LogP contribution in [0, 0.1) is 0 Å². The summed E-state index contributed by atoms with van der Waals surface area (Å²) in [7, 11) is 0. The Hall–Kier alpha value is -1.60. The average Bonchev–Trinajstić information content (AvgIpc) is 2.82. The molecule has 1 unspecified atom stereocenters. The quantitative estimate of drug-likeness (QED) is 0.881. The van der Waals surface area contributed by atoms with Crippen molar-refractivity contribution in [1.82, 2.24) is 5.32 Å². The Balaban J connectivity index is 1.36. The van der Waals surface area contributed by atoms with Gasteiger partial charge < -0.3 is 5.32 Å². The summed E-state index contributed by atoms with van der Waals surface area (Å²) in [6.45, 7) is 1.13. The smallest absolute Gasteiger partial charge is 0.0148 e. The fourth-order valence-corrected chi connectivity index (χ4v) is 3.56. The van der Waals surface area contributed by atoms with Crippen molar-refractivity contribution in [3.05, 3.63) is 70.8 Å². The van der Waals surface area contributed by atoms with E-state index in [4.69, 9.17) is 0 Å². The molecule has 4 rings (SSSR count). The molecule has 96 valence electrons. The van der Waals surface area contributed by atoms with Gasteiger partial charge in [-0.15, -0.1) is 0 Å². The van der Waals surface area contributed by atoms with Gasteiger partial charge in [-0.2, -0.15) is 0 Å². The first-order chi connectivity index (χ1) is 9.40. The summed E-state index contributed by atoms with van der Waals surface area (Å²) >= 11 is 0. The Morgan fingerprint density at radius 2 is 1.42 bits per heavy atom. The zero-order valence-corrected chi connectivity index (χ0v) is 11.1. The minimum Gasteiger partial charge on any atom is -0.313 e. The number of hydrogen-bond donors (Lipinski definition) is 1. The molecule has 2 aromatic carbocycles. The number of rotatable bonds is 3. The molecule has 1 heteroatoms. The summed E-state index contributed by atoms with van der Waals surface area (Å²) in [4.78, 5) is 0. The number of fused-ring (bicyclic) bond motifs is 2. The minimum absolute atomic E-state index is 0.644. The largest absolute Gasteiger partial charge is 0.313 e. The van der Waals surface area contributed by atoms with E-state index in [9.17, 15) is 0 Å². The third-order valence-electron chi connectivity index (χ3n) is 4.67. The van der Waals surface area contributed by atoms with Gasteiger partial charge >= 0.3 is 0 Å². The molecule has 0 heterocycles. The van der Waals surface area contributed by atoms with Crippen LogP contribution in [0.2, 0.25) is 0 Å². The molecule has 0 aliphatic heterocycles. The Morgan fingerprint density at radius 1 is 0.789 bits per heavy atom. The summed E-state index contributed by atoms with van der Waals surface area (Å²) in [5.74, 6) is 0.736. The molecular formula is C18H19N. The van der Waals surface area contributed by atoms with Gasteiger partial charge in [0.05, 0.1) is 0 Å². The van der Waals surface area contributed by atoms with E-state index >= 15 is 0 Å². The van der Waals surface area contributed by atoms with Gasteiger partial charge in [0.1, 0.15) is 0 Å². The lowest BCUT2D eigenvalue weighted by Crippen LogP contribution is -2.36. The van der Waals surface area contributed by atoms with Crippen molar-refractivity contribution in [2.75, 3.05) is 6.54 Å². The third-order valence-corrected chi connectivity index (χ3v) is 4.67. The first-order valence-electron chi connectivity index (χ1n) is 7.28. The molecule has 0 saturated heterocycles. The Labute approximate surface area is 114 Å². The molecular weight excluding hydrogens is 230 g/mol. The molecule has 0 radical (unpaired) electrons. The Morgan fingerprint density at radius 3 is 2.11 bits per heavy atom. The summed E-state index contributed by atoms with van der Waals surface area (Å²) < 4.78 is 0. The van der Waals surface area contributed by atoms with Crippen molar-refractivity contribution in [2.24, 2.45) is 0 Å². The van der Waals surface area contributed by atoms with Crippen LogP contribution in [-0.4, -0.2) is 12.6 Å². The highest BCUT2D eigenvalue weighted by atomic mass is 14.9. The lowest BCUT2D eigenvalue weighted by atomic mass is 9.77. The maximum absolute atomic E-state index is 3.77. The average molecular weight is 249 g/mol. The molecule has 2 aromatic rings. The predicted molar refractivity (Wildman–Crippen MR) is 78.5 cm³/mol. The molecule has 1 nitrogen and oxygen atoms in total. The van der Waals surface area contributed by atoms with Crippen molar-refractivity contribution in [2.45, 2.75) is 31.2 Å². The maximum atomic E-state index is 3.77. The van der Waals surface area contributed by atoms with Gasteiger partial charge in [0.15, 0.2) is 0 Å². The fourth-order valence-electron chi connectivity index (χ4n) is 3.56. The molecule has 2 aliphatic rings. The van der Waals surface area contributed by atoms with Crippen LogP contribution in [-0.2, 0) is 19.3 Å². The van der Waals surface area contributed by atoms with Crippen LogP contribution in [0.5, 0.6) is 0 Å². The van der Waals surface area contributed by atoms with Crippen molar-refractivity contribution < 1.29 is 0 Å². The van der Waals surface area contributed by atoms with Gasteiger partial charge in [0, 0.05) is 18.5 Å². The topological polar surface area (TPSA) is 12.0 Å². The maximum Gasteiger partial charge on any atom is 0.0148 e. The second-order valence-corrected chi connectivity index (χ2v) is 5.88. The summed E-state index contributed by atoms with van der Waals surface area (Å²) in [5.41, 5.74) is 6.18. The van der Waals surface area contributed by atoms with E-state index in [0.29, 0.717) is 6.04 Å². The third kappa shape index (κ3) is 1.98. The van der Waals surface area contributed by atoms with E-state index < -0.39 is 0 Å². The molecule has 2 aliphatic carbocycles. The number of nitrogens with one attached hydrogen (secondary N) is 1. The van der Waals surface area contributed by atoms with Gasteiger partial charge in [-0.25, -0.2) is 0 Å². The van der Waals surface area contributed by atoms with Crippen LogP contribution in [0.1, 0.15) is 28.2 Å². The molecule has 0 saturated carbocycles.